The second-order valence-electron chi connectivity index (χ2n) is 4.97. The van der Waals surface area contributed by atoms with Gasteiger partial charge in [0, 0.05) is 23.9 Å². The number of nitro groups is 1. The van der Waals surface area contributed by atoms with E-state index >= 15 is 0 Å². The van der Waals surface area contributed by atoms with Crippen LogP contribution >= 0.6 is 0 Å². The molecule has 0 saturated heterocycles. The van der Waals surface area contributed by atoms with Gasteiger partial charge in [-0.05, 0) is 29.8 Å². The molecule has 0 unspecified atom stereocenters. The third-order valence-electron chi connectivity index (χ3n) is 3.39. The number of non-ortho nitro benzene ring substituents is 1. The van der Waals surface area contributed by atoms with E-state index in [0.29, 0.717) is 5.69 Å². The van der Waals surface area contributed by atoms with E-state index in [4.69, 9.17) is 0 Å². The molecule has 0 atom stereocenters. The molecule has 0 spiro atoms. The Morgan fingerprint density at radius 1 is 1.00 bits per heavy atom. The van der Waals surface area contributed by atoms with Gasteiger partial charge < -0.3 is 0 Å². The van der Waals surface area contributed by atoms with E-state index in [0.717, 1.165) is 16.8 Å². The Kier molecular flexibility index (Phi) is 3.80. The fourth-order valence-electron chi connectivity index (χ4n) is 2.27. The largest absolute Gasteiger partial charge is 0.435 e. The molecular weight excluding hydrogens is 323 g/mol. The second kappa shape index (κ2) is 5.80. The summed E-state index contributed by atoms with van der Waals surface area (Å²) in [5.41, 5.74) is -0.685. The smallest absolute Gasteiger partial charge is 0.258 e. The molecule has 0 aliphatic rings. The standard InChI is InChI=1S/C16H10F3N3O2/c17-16(18,19)15-14(11-6-8-13(9-7-11)22(23)24)10-21(20-15)12-4-2-1-3-5-12/h1-10H. The number of nitrogens with zero attached hydrogens (tertiary/aromatic N) is 3. The molecule has 2 aromatic carbocycles. The zero-order valence-electron chi connectivity index (χ0n) is 12.1. The van der Waals surface area contributed by atoms with Crippen molar-refractivity contribution in [2.75, 3.05) is 0 Å². The van der Waals surface area contributed by atoms with E-state index in [1.54, 1.807) is 30.3 Å². The first-order chi connectivity index (χ1) is 11.4. The van der Waals surface area contributed by atoms with Crippen LogP contribution in [0.25, 0.3) is 16.8 Å². The molecule has 8 heteroatoms. The number of alkyl halides is 3. The molecule has 1 aromatic heterocycles. The predicted octanol–water partition coefficient (Wildman–Crippen LogP) is 4.47. The summed E-state index contributed by atoms with van der Waals surface area (Å²) in [6.45, 7) is 0. The Morgan fingerprint density at radius 2 is 1.62 bits per heavy atom. The lowest BCUT2D eigenvalue weighted by Crippen LogP contribution is -2.08. The van der Waals surface area contributed by atoms with Crippen molar-refractivity contribution in [1.82, 2.24) is 9.78 Å². The Labute approximate surface area is 134 Å². The molecule has 3 rings (SSSR count). The van der Waals surface area contributed by atoms with Crippen LogP contribution in [0.1, 0.15) is 5.69 Å². The Morgan fingerprint density at radius 3 is 2.17 bits per heavy atom. The van der Waals surface area contributed by atoms with Gasteiger partial charge in [-0.2, -0.15) is 18.3 Å². The van der Waals surface area contributed by atoms with E-state index in [2.05, 4.69) is 5.10 Å². The highest BCUT2D eigenvalue weighted by atomic mass is 19.4. The van der Waals surface area contributed by atoms with Gasteiger partial charge in [0.2, 0.25) is 0 Å². The van der Waals surface area contributed by atoms with Crippen molar-refractivity contribution in [2.24, 2.45) is 0 Å². The average Bonchev–Trinajstić information content (AvgIpc) is 3.01. The molecule has 5 nitrogen and oxygen atoms in total. The van der Waals surface area contributed by atoms with Crippen LogP contribution in [0.15, 0.2) is 60.8 Å². The summed E-state index contributed by atoms with van der Waals surface area (Å²) in [6, 6.07) is 13.3. The molecule has 0 bridgehead atoms. The summed E-state index contributed by atoms with van der Waals surface area (Å²) in [5.74, 6) is 0. The summed E-state index contributed by atoms with van der Waals surface area (Å²) in [5, 5.41) is 14.3. The first-order valence-electron chi connectivity index (χ1n) is 6.83. The van der Waals surface area contributed by atoms with Crippen molar-refractivity contribution in [2.45, 2.75) is 6.18 Å². The molecule has 0 aliphatic carbocycles. The van der Waals surface area contributed by atoms with Crippen LogP contribution in [0.3, 0.4) is 0 Å². The van der Waals surface area contributed by atoms with Crippen molar-refractivity contribution in [3.8, 4) is 16.8 Å². The summed E-state index contributed by atoms with van der Waals surface area (Å²) in [6.07, 6.45) is -3.38. The monoisotopic (exact) mass is 333 g/mol. The molecule has 1 heterocycles. The summed E-state index contributed by atoms with van der Waals surface area (Å²) in [4.78, 5) is 10.1. The molecule has 122 valence electrons. The minimum Gasteiger partial charge on any atom is -0.258 e. The van der Waals surface area contributed by atoms with Crippen LogP contribution in [0.5, 0.6) is 0 Å². The van der Waals surface area contributed by atoms with Gasteiger partial charge in [0.25, 0.3) is 5.69 Å². The predicted molar refractivity (Wildman–Crippen MR) is 80.7 cm³/mol. The Hall–Kier alpha value is -3.16. The van der Waals surface area contributed by atoms with E-state index in [-0.39, 0.29) is 16.8 Å². The quantitative estimate of drug-likeness (QED) is 0.525. The van der Waals surface area contributed by atoms with E-state index < -0.39 is 16.8 Å². The number of para-hydroxylation sites is 1. The molecule has 0 N–H and O–H groups in total. The fraction of sp³-hybridized carbons (Fsp3) is 0.0625. The van der Waals surface area contributed by atoms with Crippen molar-refractivity contribution in [3.63, 3.8) is 0 Å². The van der Waals surface area contributed by atoms with Gasteiger partial charge in [-0.15, -0.1) is 0 Å². The SMILES string of the molecule is O=[N+]([O-])c1ccc(-c2cn(-c3ccccc3)nc2C(F)(F)F)cc1. The van der Waals surface area contributed by atoms with Gasteiger partial charge in [-0.1, -0.05) is 18.2 Å². The normalized spacial score (nSPS) is 11.5. The second-order valence-corrected chi connectivity index (χ2v) is 4.97. The van der Waals surface area contributed by atoms with Crippen LogP contribution in [-0.2, 0) is 6.18 Å². The van der Waals surface area contributed by atoms with Crippen molar-refractivity contribution < 1.29 is 18.1 Å². The minimum atomic E-state index is -4.64. The lowest BCUT2D eigenvalue weighted by atomic mass is 10.1. The third kappa shape index (κ3) is 2.98. The van der Waals surface area contributed by atoms with Crippen molar-refractivity contribution >= 4 is 5.69 Å². The van der Waals surface area contributed by atoms with Gasteiger partial charge in [0.15, 0.2) is 5.69 Å². The van der Waals surface area contributed by atoms with E-state index in [1.165, 1.54) is 18.3 Å². The summed E-state index contributed by atoms with van der Waals surface area (Å²) < 4.78 is 41.0. The van der Waals surface area contributed by atoms with Gasteiger partial charge in [0.1, 0.15) is 0 Å². The minimum absolute atomic E-state index is 0.138. The Bertz CT molecular complexity index is 872. The topological polar surface area (TPSA) is 61.0 Å². The molecule has 0 fully saturated rings. The zero-order chi connectivity index (χ0) is 17.3. The van der Waals surface area contributed by atoms with Crippen LogP contribution in [0.4, 0.5) is 18.9 Å². The molecule has 0 amide bonds. The van der Waals surface area contributed by atoms with Crippen LogP contribution in [0.2, 0.25) is 0 Å². The fourth-order valence-corrected chi connectivity index (χ4v) is 2.27. The van der Waals surface area contributed by atoms with Gasteiger partial charge in [-0.25, -0.2) is 4.68 Å². The summed E-state index contributed by atoms with van der Waals surface area (Å²) >= 11 is 0. The first-order valence-corrected chi connectivity index (χ1v) is 6.83. The maximum Gasteiger partial charge on any atom is 0.435 e. The van der Waals surface area contributed by atoms with Gasteiger partial charge in [-0.3, -0.25) is 10.1 Å². The van der Waals surface area contributed by atoms with Crippen LogP contribution in [-0.4, -0.2) is 14.7 Å². The van der Waals surface area contributed by atoms with E-state index in [1.807, 2.05) is 0 Å². The lowest BCUT2D eigenvalue weighted by molar-refractivity contribution is -0.384. The number of rotatable bonds is 3. The number of hydrogen-bond donors (Lipinski definition) is 0. The number of benzene rings is 2. The van der Waals surface area contributed by atoms with Crippen molar-refractivity contribution in [1.29, 1.82) is 0 Å². The van der Waals surface area contributed by atoms with Crippen molar-refractivity contribution in [3.05, 3.63) is 76.6 Å². The van der Waals surface area contributed by atoms with Gasteiger partial charge >= 0.3 is 6.18 Å². The highest BCUT2D eigenvalue weighted by molar-refractivity contribution is 5.67. The molecule has 24 heavy (non-hydrogen) atoms. The molecule has 0 radical (unpaired) electrons. The first kappa shape index (κ1) is 15.7. The molecular formula is C16H10F3N3O2. The lowest BCUT2D eigenvalue weighted by Gasteiger charge is -2.05. The maximum absolute atomic E-state index is 13.3. The molecule has 3 aromatic rings. The summed E-state index contributed by atoms with van der Waals surface area (Å²) in [7, 11) is 0. The molecule has 0 saturated carbocycles. The zero-order valence-corrected chi connectivity index (χ0v) is 12.1. The van der Waals surface area contributed by atoms with Crippen LogP contribution in [0, 0.1) is 10.1 Å². The van der Waals surface area contributed by atoms with Gasteiger partial charge in [0.05, 0.1) is 10.6 Å². The maximum atomic E-state index is 13.3. The van der Waals surface area contributed by atoms with Crippen LogP contribution < -0.4 is 0 Å². The average molecular weight is 333 g/mol. The number of hydrogen-bond acceptors (Lipinski definition) is 3. The highest BCUT2D eigenvalue weighted by Crippen LogP contribution is 2.37. The van der Waals surface area contributed by atoms with E-state index in [9.17, 15) is 23.3 Å². The number of nitro benzene ring substituents is 1. The number of halogens is 3. The third-order valence-corrected chi connectivity index (χ3v) is 3.39. The highest BCUT2D eigenvalue weighted by Gasteiger charge is 2.37. The Balaban J connectivity index is 2.12. The molecule has 0 aliphatic heterocycles. The number of aromatic nitrogens is 2.